The van der Waals surface area contributed by atoms with Gasteiger partial charge in [-0.05, 0) is 37.3 Å². The highest BCUT2D eigenvalue weighted by molar-refractivity contribution is 6.33. The van der Waals surface area contributed by atoms with Crippen molar-refractivity contribution in [1.29, 1.82) is 0 Å². The SMILES string of the molecule is Clc1ccccc1-c1noc(C2CC3CCCCC3N2)n1. The summed E-state index contributed by atoms with van der Waals surface area (Å²) in [7, 11) is 0. The lowest BCUT2D eigenvalue weighted by atomic mass is 9.85. The van der Waals surface area contributed by atoms with Crippen molar-refractivity contribution in [3.8, 4) is 11.4 Å². The van der Waals surface area contributed by atoms with Gasteiger partial charge in [0.15, 0.2) is 0 Å². The molecule has 1 N–H and O–H groups in total. The second-order valence-electron chi connectivity index (χ2n) is 6.04. The van der Waals surface area contributed by atoms with Gasteiger partial charge in [0, 0.05) is 11.6 Å². The molecule has 1 aromatic carbocycles. The Morgan fingerprint density at radius 2 is 2.05 bits per heavy atom. The van der Waals surface area contributed by atoms with E-state index in [4.69, 9.17) is 16.1 Å². The summed E-state index contributed by atoms with van der Waals surface area (Å²) in [5.74, 6) is 2.03. The highest BCUT2D eigenvalue weighted by Gasteiger charge is 2.38. The molecule has 2 aliphatic rings. The van der Waals surface area contributed by atoms with Gasteiger partial charge in [-0.3, -0.25) is 0 Å². The molecular formula is C16H18ClN3O. The predicted octanol–water partition coefficient (Wildman–Crippen LogP) is 3.98. The van der Waals surface area contributed by atoms with Gasteiger partial charge in [-0.2, -0.15) is 4.98 Å². The summed E-state index contributed by atoms with van der Waals surface area (Å²) < 4.78 is 5.48. The van der Waals surface area contributed by atoms with E-state index in [1.165, 1.54) is 25.7 Å². The van der Waals surface area contributed by atoms with Gasteiger partial charge >= 0.3 is 0 Å². The zero-order valence-corrected chi connectivity index (χ0v) is 12.5. The lowest BCUT2D eigenvalue weighted by Gasteiger charge is -2.24. The van der Waals surface area contributed by atoms with Crippen LogP contribution in [0.4, 0.5) is 0 Å². The van der Waals surface area contributed by atoms with Crippen LogP contribution in [0, 0.1) is 5.92 Å². The molecule has 4 nitrogen and oxygen atoms in total. The average molecular weight is 304 g/mol. The Labute approximate surface area is 128 Å². The standard InChI is InChI=1S/C16H18ClN3O/c17-12-7-3-2-6-11(12)15-19-16(21-20-15)14-9-10-5-1-4-8-13(10)18-14/h2-3,6-7,10,13-14,18H,1,4-5,8-9H2. The van der Waals surface area contributed by atoms with E-state index in [0.29, 0.717) is 22.8 Å². The zero-order valence-electron chi connectivity index (χ0n) is 11.8. The van der Waals surface area contributed by atoms with E-state index in [0.717, 1.165) is 17.9 Å². The summed E-state index contributed by atoms with van der Waals surface area (Å²) >= 11 is 6.19. The first-order chi connectivity index (χ1) is 10.3. The van der Waals surface area contributed by atoms with E-state index in [9.17, 15) is 0 Å². The monoisotopic (exact) mass is 303 g/mol. The molecule has 0 amide bonds. The average Bonchev–Trinajstić information content (AvgIpc) is 3.14. The number of aromatic nitrogens is 2. The molecular weight excluding hydrogens is 286 g/mol. The number of nitrogens with zero attached hydrogens (tertiary/aromatic N) is 2. The fraction of sp³-hybridized carbons (Fsp3) is 0.500. The third kappa shape index (κ3) is 2.47. The maximum Gasteiger partial charge on any atom is 0.244 e. The van der Waals surface area contributed by atoms with Crippen LogP contribution in [0.2, 0.25) is 5.02 Å². The third-order valence-electron chi connectivity index (χ3n) is 4.72. The van der Waals surface area contributed by atoms with Gasteiger partial charge in [0.2, 0.25) is 11.7 Å². The van der Waals surface area contributed by atoms with E-state index in [1.807, 2.05) is 24.3 Å². The molecule has 2 aromatic rings. The van der Waals surface area contributed by atoms with Crippen LogP contribution in [-0.4, -0.2) is 16.2 Å². The molecule has 3 unspecified atom stereocenters. The van der Waals surface area contributed by atoms with Crippen LogP contribution in [0.15, 0.2) is 28.8 Å². The minimum atomic E-state index is 0.196. The molecule has 110 valence electrons. The highest BCUT2D eigenvalue weighted by atomic mass is 35.5. The molecule has 0 spiro atoms. The smallest absolute Gasteiger partial charge is 0.244 e. The lowest BCUT2D eigenvalue weighted by Crippen LogP contribution is -2.30. The van der Waals surface area contributed by atoms with Crippen molar-refractivity contribution in [1.82, 2.24) is 15.5 Å². The minimum absolute atomic E-state index is 0.196. The summed E-state index contributed by atoms with van der Waals surface area (Å²) in [6.45, 7) is 0. The van der Waals surface area contributed by atoms with Gasteiger partial charge in [-0.15, -0.1) is 0 Å². The van der Waals surface area contributed by atoms with Crippen LogP contribution in [0.3, 0.4) is 0 Å². The number of fused-ring (bicyclic) bond motifs is 1. The Hall–Kier alpha value is -1.39. The Morgan fingerprint density at radius 1 is 1.19 bits per heavy atom. The van der Waals surface area contributed by atoms with Crippen LogP contribution in [0.25, 0.3) is 11.4 Å². The van der Waals surface area contributed by atoms with Crippen molar-refractivity contribution in [2.24, 2.45) is 5.92 Å². The topological polar surface area (TPSA) is 51.0 Å². The second-order valence-corrected chi connectivity index (χ2v) is 6.45. The van der Waals surface area contributed by atoms with Gasteiger partial charge in [-0.25, -0.2) is 0 Å². The summed E-state index contributed by atoms with van der Waals surface area (Å²) in [6.07, 6.45) is 6.38. The molecule has 4 rings (SSSR count). The fourth-order valence-corrected chi connectivity index (χ4v) is 3.86. The van der Waals surface area contributed by atoms with E-state index in [2.05, 4.69) is 15.5 Å². The normalized spacial score (nSPS) is 28.5. The van der Waals surface area contributed by atoms with Gasteiger partial charge in [0.25, 0.3) is 0 Å². The molecule has 1 saturated carbocycles. The van der Waals surface area contributed by atoms with Crippen molar-refractivity contribution in [3.63, 3.8) is 0 Å². The molecule has 1 saturated heterocycles. The molecule has 1 aliphatic carbocycles. The van der Waals surface area contributed by atoms with Crippen LogP contribution >= 0.6 is 11.6 Å². The third-order valence-corrected chi connectivity index (χ3v) is 5.05. The molecule has 21 heavy (non-hydrogen) atoms. The Kier molecular flexibility index (Phi) is 3.43. The maximum atomic E-state index is 6.19. The Bertz CT molecular complexity index is 628. The minimum Gasteiger partial charge on any atom is -0.337 e. The van der Waals surface area contributed by atoms with Crippen LogP contribution in [0.1, 0.15) is 44.0 Å². The lowest BCUT2D eigenvalue weighted by molar-refractivity contribution is 0.324. The van der Waals surface area contributed by atoms with E-state index >= 15 is 0 Å². The van der Waals surface area contributed by atoms with Gasteiger partial charge in [0.05, 0.1) is 11.1 Å². The number of benzene rings is 1. The van der Waals surface area contributed by atoms with Crippen molar-refractivity contribution in [3.05, 3.63) is 35.2 Å². The summed E-state index contributed by atoms with van der Waals surface area (Å²) in [4.78, 5) is 4.56. The van der Waals surface area contributed by atoms with Crippen LogP contribution in [-0.2, 0) is 0 Å². The van der Waals surface area contributed by atoms with Crippen molar-refractivity contribution >= 4 is 11.6 Å². The largest absolute Gasteiger partial charge is 0.337 e. The van der Waals surface area contributed by atoms with Crippen molar-refractivity contribution in [2.45, 2.75) is 44.2 Å². The summed E-state index contributed by atoms with van der Waals surface area (Å²) in [5, 5.41) is 8.41. The molecule has 1 aromatic heterocycles. The molecule has 3 atom stereocenters. The molecule has 2 heterocycles. The van der Waals surface area contributed by atoms with E-state index in [1.54, 1.807) is 0 Å². The first-order valence-corrected chi connectivity index (χ1v) is 8.03. The number of hydrogen-bond acceptors (Lipinski definition) is 4. The zero-order chi connectivity index (χ0) is 14.2. The van der Waals surface area contributed by atoms with Crippen molar-refractivity contribution < 1.29 is 4.52 Å². The van der Waals surface area contributed by atoms with Crippen molar-refractivity contribution in [2.75, 3.05) is 0 Å². The Morgan fingerprint density at radius 3 is 2.90 bits per heavy atom. The quantitative estimate of drug-likeness (QED) is 0.911. The van der Waals surface area contributed by atoms with Gasteiger partial charge in [0.1, 0.15) is 0 Å². The number of hydrogen-bond donors (Lipinski definition) is 1. The molecule has 0 radical (unpaired) electrons. The first kappa shape index (κ1) is 13.3. The summed E-state index contributed by atoms with van der Waals surface area (Å²) in [6, 6.07) is 8.41. The maximum absolute atomic E-state index is 6.19. The molecule has 2 fully saturated rings. The molecule has 1 aliphatic heterocycles. The van der Waals surface area contributed by atoms with Gasteiger partial charge in [-0.1, -0.05) is 41.7 Å². The summed E-state index contributed by atoms with van der Waals surface area (Å²) in [5.41, 5.74) is 0.824. The number of halogens is 1. The van der Waals surface area contributed by atoms with Crippen LogP contribution < -0.4 is 5.32 Å². The molecule has 5 heteroatoms. The second kappa shape index (κ2) is 5.43. The van der Waals surface area contributed by atoms with E-state index in [-0.39, 0.29) is 6.04 Å². The van der Waals surface area contributed by atoms with E-state index < -0.39 is 0 Å². The highest BCUT2D eigenvalue weighted by Crippen LogP contribution is 2.39. The fourth-order valence-electron chi connectivity index (χ4n) is 3.64. The van der Waals surface area contributed by atoms with Crippen LogP contribution in [0.5, 0.6) is 0 Å². The predicted molar refractivity (Wildman–Crippen MR) is 81.0 cm³/mol. The molecule has 0 bridgehead atoms. The Balaban J connectivity index is 1.56. The van der Waals surface area contributed by atoms with Gasteiger partial charge < -0.3 is 9.84 Å². The number of nitrogens with one attached hydrogen (secondary N) is 1. The first-order valence-electron chi connectivity index (χ1n) is 7.66. The number of rotatable bonds is 2.